The summed E-state index contributed by atoms with van der Waals surface area (Å²) in [4.78, 5) is 2.28. The number of hydrogen-bond donors (Lipinski definition) is 1. The van der Waals surface area contributed by atoms with E-state index in [0.29, 0.717) is 11.6 Å². The molecule has 4 heteroatoms. The zero-order chi connectivity index (χ0) is 13.2. The van der Waals surface area contributed by atoms with Gasteiger partial charge in [-0.05, 0) is 53.4 Å². The van der Waals surface area contributed by atoms with Crippen molar-refractivity contribution in [3.05, 3.63) is 52.0 Å². The van der Waals surface area contributed by atoms with Gasteiger partial charge in [-0.2, -0.15) is 11.3 Å². The number of aliphatic hydroxyl groups is 1. The minimum absolute atomic E-state index is 0.125. The average Bonchev–Trinajstić information content (AvgIpc) is 3.13. The number of benzene rings is 1. The first kappa shape index (κ1) is 12.6. The van der Waals surface area contributed by atoms with E-state index in [1.54, 1.807) is 17.4 Å². The van der Waals surface area contributed by atoms with Gasteiger partial charge in [-0.15, -0.1) is 0 Å². The fourth-order valence-electron chi connectivity index (χ4n) is 2.34. The van der Waals surface area contributed by atoms with E-state index in [-0.39, 0.29) is 12.4 Å². The predicted octanol–water partition coefficient (Wildman–Crippen LogP) is 3.55. The van der Waals surface area contributed by atoms with Crippen molar-refractivity contribution in [1.29, 1.82) is 0 Å². The van der Waals surface area contributed by atoms with Crippen LogP contribution < -0.4 is 4.90 Å². The van der Waals surface area contributed by atoms with Crippen LogP contribution in [0.2, 0.25) is 0 Å². The minimum atomic E-state index is -0.293. The summed E-state index contributed by atoms with van der Waals surface area (Å²) in [5, 5.41) is 13.6. The van der Waals surface area contributed by atoms with Crippen LogP contribution in [0.3, 0.4) is 0 Å². The lowest BCUT2D eigenvalue weighted by atomic mass is 10.1. The Hall–Kier alpha value is -1.39. The summed E-state index contributed by atoms with van der Waals surface area (Å²) in [6.07, 6.45) is 2.35. The molecule has 0 unspecified atom stereocenters. The SMILES string of the molecule is OCc1cc(F)ccc1N(Cc1ccsc1)C1CC1. The molecule has 100 valence electrons. The highest BCUT2D eigenvalue weighted by Crippen LogP contribution is 2.35. The maximum Gasteiger partial charge on any atom is 0.123 e. The van der Waals surface area contributed by atoms with Gasteiger partial charge in [0.1, 0.15) is 5.82 Å². The second-order valence-electron chi connectivity index (χ2n) is 4.92. The van der Waals surface area contributed by atoms with Crippen LogP contribution in [0.25, 0.3) is 0 Å². The lowest BCUT2D eigenvalue weighted by Gasteiger charge is -2.26. The lowest BCUT2D eigenvalue weighted by Crippen LogP contribution is -2.26. The van der Waals surface area contributed by atoms with Gasteiger partial charge >= 0.3 is 0 Å². The summed E-state index contributed by atoms with van der Waals surface area (Å²) in [5.41, 5.74) is 2.89. The third-order valence-corrected chi connectivity index (χ3v) is 4.17. The molecule has 1 aromatic heterocycles. The van der Waals surface area contributed by atoms with Crippen LogP contribution in [0.5, 0.6) is 0 Å². The monoisotopic (exact) mass is 277 g/mol. The van der Waals surface area contributed by atoms with Crippen molar-refractivity contribution in [2.24, 2.45) is 0 Å². The second-order valence-corrected chi connectivity index (χ2v) is 5.70. The van der Waals surface area contributed by atoms with Crippen molar-refractivity contribution >= 4 is 17.0 Å². The molecule has 1 saturated carbocycles. The number of aliphatic hydroxyl groups excluding tert-OH is 1. The maximum atomic E-state index is 13.3. The first-order valence-electron chi connectivity index (χ1n) is 6.45. The predicted molar refractivity (Wildman–Crippen MR) is 75.8 cm³/mol. The van der Waals surface area contributed by atoms with E-state index in [9.17, 15) is 9.50 Å². The molecule has 1 aliphatic carbocycles. The first-order chi connectivity index (χ1) is 9.28. The summed E-state index contributed by atoms with van der Waals surface area (Å²) in [7, 11) is 0. The molecule has 1 N–H and O–H groups in total. The topological polar surface area (TPSA) is 23.5 Å². The number of anilines is 1. The number of nitrogens with zero attached hydrogens (tertiary/aromatic N) is 1. The van der Waals surface area contributed by atoms with Gasteiger partial charge in [-0.1, -0.05) is 0 Å². The molecule has 2 nitrogen and oxygen atoms in total. The van der Waals surface area contributed by atoms with Crippen LogP contribution in [-0.2, 0) is 13.2 Å². The van der Waals surface area contributed by atoms with Crippen LogP contribution in [0, 0.1) is 5.82 Å². The molecule has 2 aromatic rings. The summed E-state index contributed by atoms with van der Waals surface area (Å²) >= 11 is 1.69. The van der Waals surface area contributed by atoms with Crippen LogP contribution in [0.4, 0.5) is 10.1 Å². The molecule has 1 aliphatic rings. The van der Waals surface area contributed by atoms with Crippen molar-refractivity contribution in [1.82, 2.24) is 0 Å². The van der Waals surface area contributed by atoms with Gasteiger partial charge in [0, 0.05) is 23.8 Å². The van der Waals surface area contributed by atoms with Crippen LogP contribution >= 0.6 is 11.3 Å². The Morgan fingerprint density at radius 2 is 2.16 bits per heavy atom. The Morgan fingerprint density at radius 3 is 2.79 bits per heavy atom. The Bertz CT molecular complexity index is 551. The molecule has 0 spiro atoms. The van der Waals surface area contributed by atoms with Crippen molar-refractivity contribution in [3.63, 3.8) is 0 Å². The highest BCUT2D eigenvalue weighted by Gasteiger charge is 2.30. The van der Waals surface area contributed by atoms with E-state index in [4.69, 9.17) is 0 Å². The van der Waals surface area contributed by atoms with Gasteiger partial charge in [-0.25, -0.2) is 4.39 Å². The molecule has 1 heterocycles. The Morgan fingerprint density at radius 1 is 1.32 bits per heavy atom. The third kappa shape index (κ3) is 2.80. The van der Waals surface area contributed by atoms with E-state index < -0.39 is 0 Å². The molecule has 1 aromatic carbocycles. The first-order valence-corrected chi connectivity index (χ1v) is 7.39. The third-order valence-electron chi connectivity index (χ3n) is 3.44. The van der Waals surface area contributed by atoms with Crippen molar-refractivity contribution in [3.8, 4) is 0 Å². The van der Waals surface area contributed by atoms with E-state index in [1.807, 2.05) is 0 Å². The Balaban J connectivity index is 1.91. The lowest BCUT2D eigenvalue weighted by molar-refractivity contribution is 0.281. The highest BCUT2D eigenvalue weighted by molar-refractivity contribution is 7.07. The van der Waals surface area contributed by atoms with Gasteiger partial charge in [0.25, 0.3) is 0 Å². The second kappa shape index (κ2) is 5.31. The molecule has 19 heavy (non-hydrogen) atoms. The summed E-state index contributed by atoms with van der Waals surface area (Å²) in [5.74, 6) is -0.293. The minimum Gasteiger partial charge on any atom is -0.392 e. The summed E-state index contributed by atoms with van der Waals surface area (Å²) < 4.78 is 13.3. The quantitative estimate of drug-likeness (QED) is 0.903. The highest BCUT2D eigenvalue weighted by atomic mass is 32.1. The standard InChI is InChI=1S/C15H16FNOS/c16-13-1-4-15(12(7-13)9-18)17(14-2-3-14)8-11-5-6-19-10-11/h1,4-7,10,14,18H,2-3,8-9H2. The molecule has 0 atom stereocenters. The molecular formula is C15H16FNOS. The molecule has 0 aliphatic heterocycles. The van der Waals surface area contributed by atoms with E-state index >= 15 is 0 Å². The smallest absolute Gasteiger partial charge is 0.123 e. The van der Waals surface area contributed by atoms with Gasteiger partial charge in [-0.3, -0.25) is 0 Å². The van der Waals surface area contributed by atoms with E-state index in [1.165, 1.54) is 30.5 Å². The fraction of sp³-hybridized carbons (Fsp3) is 0.333. The zero-order valence-electron chi connectivity index (χ0n) is 10.6. The Labute approximate surface area is 116 Å². The number of rotatable bonds is 5. The van der Waals surface area contributed by atoms with Gasteiger partial charge in [0.15, 0.2) is 0 Å². The molecule has 0 saturated heterocycles. The number of thiophene rings is 1. The molecule has 3 rings (SSSR count). The fourth-order valence-corrected chi connectivity index (χ4v) is 3.00. The van der Waals surface area contributed by atoms with Gasteiger partial charge in [0.05, 0.1) is 6.61 Å². The van der Waals surface area contributed by atoms with Gasteiger partial charge in [0.2, 0.25) is 0 Å². The largest absolute Gasteiger partial charge is 0.392 e. The molecule has 0 radical (unpaired) electrons. The molecule has 0 bridgehead atoms. The van der Waals surface area contributed by atoms with Crippen molar-refractivity contribution < 1.29 is 9.50 Å². The van der Waals surface area contributed by atoms with E-state index in [0.717, 1.165) is 12.2 Å². The van der Waals surface area contributed by atoms with Crippen LogP contribution in [0.15, 0.2) is 35.0 Å². The molecule has 1 fully saturated rings. The number of hydrogen-bond acceptors (Lipinski definition) is 3. The van der Waals surface area contributed by atoms with Crippen LogP contribution in [0.1, 0.15) is 24.0 Å². The van der Waals surface area contributed by atoms with Gasteiger partial charge < -0.3 is 10.0 Å². The average molecular weight is 277 g/mol. The van der Waals surface area contributed by atoms with Crippen LogP contribution in [-0.4, -0.2) is 11.1 Å². The van der Waals surface area contributed by atoms with Crippen molar-refractivity contribution in [2.45, 2.75) is 32.0 Å². The Kier molecular flexibility index (Phi) is 3.53. The maximum absolute atomic E-state index is 13.3. The van der Waals surface area contributed by atoms with Crippen molar-refractivity contribution in [2.75, 3.05) is 4.90 Å². The number of halogens is 1. The normalized spacial score (nSPS) is 14.6. The molecular weight excluding hydrogens is 261 g/mol. The zero-order valence-corrected chi connectivity index (χ0v) is 11.4. The summed E-state index contributed by atoms with van der Waals surface area (Å²) in [6.45, 7) is 0.701. The molecule has 0 amide bonds. The van der Waals surface area contributed by atoms with E-state index in [2.05, 4.69) is 21.7 Å². The summed E-state index contributed by atoms with van der Waals surface area (Å²) in [6, 6.07) is 7.32.